The third-order valence-electron chi connectivity index (χ3n) is 9.51. The van der Waals surface area contributed by atoms with Crippen LogP contribution in [0.1, 0.15) is 17.2 Å². The van der Waals surface area contributed by atoms with Crippen LogP contribution in [0.4, 0.5) is 5.69 Å². The number of thiophene rings is 1. The van der Waals surface area contributed by atoms with E-state index in [1.54, 1.807) is 0 Å². The first-order valence-corrected chi connectivity index (χ1v) is 17.6. The number of fused-ring (bicyclic) bond motifs is 7. The standard InChI is InChI=1S/C44H29N5S/c1-4-14-28(15-5-1)38-37-39-41(50-40(37)33-20-10-12-22-35(33)45-38)34-21-11-13-23-36(34)49(39)32-26-24-31(25-27-32)44-47-42(29-16-6-2-7-17-29)46-43(48-44)30-18-8-3-9-19-30/h1-27,38,45H. The zero-order chi connectivity index (χ0) is 33.0. The third-order valence-corrected chi connectivity index (χ3v) is 10.8. The number of anilines is 1. The second kappa shape index (κ2) is 11.7. The van der Waals surface area contributed by atoms with Gasteiger partial charge in [0.1, 0.15) is 0 Å². The van der Waals surface area contributed by atoms with Crippen LogP contribution in [0.5, 0.6) is 0 Å². The number of rotatable bonds is 5. The SMILES string of the molecule is c1ccc(-c2nc(-c3ccccc3)nc(-c3ccc(-n4c5ccccc5c5sc6c(c54)C(c4ccccc4)Nc4ccccc4-6)cc3)n2)cc1. The van der Waals surface area contributed by atoms with Gasteiger partial charge in [0, 0.05) is 49.5 Å². The molecule has 0 saturated carbocycles. The van der Waals surface area contributed by atoms with Crippen LogP contribution in [0.15, 0.2) is 164 Å². The molecule has 1 aliphatic heterocycles. The molecular weight excluding hydrogens is 631 g/mol. The van der Waals surface area contributed by atoms with Gasteiger partial charge in [-0.05, 0) is 42.0 Å². The Hall–Kier alpha value is -6.37. The molecule has 50 heavy (non-hydrogen) atoms. The first-order chi connectivity index (χ1) is 24.8. The van der Waals surface area contributed by atoms with Crippen molar-refractivity contribution in [2.45, 2.75) is 6.04 Å². The highest BCUT2D eigenvalue weighted by molar-refractivity contribution is 7.23. The van der Waals surface area contributed by atoms with E-state index in [1.165, 1.54) is 48.4 Å². The van der Waals surface area contributed by atoms with Crippen molar-refractivity contribution in [1.82, 2.24) is 19.5 Å². The molecule has 1 atom stereocenters. The van der Waals surface area contributed by atoms with Gasteiger partial charge >= 0.3 is 0 Å². The van der Waals surface area contributed by atoms with Crippen molar-refractivity contribution in [1.29, 1.82) is 0 Å². The Morgan fingerprint density at radius 3 is 1.72 bits per heavy atom. The Labute approximate surface area is 293 Å². The summed E-state index contributed by atoms with van der Waals surface area (Å²) >= 11 is 1.90. The third kappa shape index (κ3) is 4.65. The summed E-state index contributed by atoms with van der Waals surface area (Å²) in [5.41, 5.74) is 11.3. The molecule has 0 radical (unpaired) electrons. The van der Waals surface area contributed by atoms with Gasteiger partial charge in [-0.15, -0.1) is 11.3 Å². The summed E-state index contributed by atoms with van der Waals surface area (Å²) in [7, 11) is 0. The summed E-state index contributed by atoms with van der Waals surface area (Å²) in [6.45, 7) is 0. The minimum Gasteiger partial charge on any atom is -0.373 e. The maximum Gasteiger partial charge on any atom is 0.164 e. The number of aromatic nitrogens is 4. The maximum absolute atomic E-state index is 4.97. The van der Waals surface area contributed by atoms with Gasteiger partial charge in [0.25, 0.3) is 0 Å². The van der Waals surface area contributed by atoms with Gasteiger partial charge in [-0.1, -0.05) is 127 Å². The highest BCUT2D eigenvalue weighted by Gasteiger charge is 2.32. The summed E-state index contributed by atoms with van der Waals surface area (Å²) in [5, 5.41) is 5.17. The summed E-state index contributed by atoms with van der Waals surface area (Å²) in [4.78, 5) is 16.1. The number of para-hydroxylation sites is 2. The first kappa shape index (κ1) is 28.6. The lowest BCUT2D eigenvalue weighted by molar-refractivity contribution is 0.937. The van der Waals surface area contributed by atoms with Crippen molar-refractivity contribution >= 4 is 38.1 Å². The van der Waals surface area contributed by atoms with E-state index in [0.29, 0.717) is 17.5 Å². The number of hydrogen-bond donors (Lipinski definition) is 1. The van der Waals surface area contributed by atoms with Crippen molar-refractivity contribution in [3.63, 3.8) is 0 Å². The van der Waals surface area contributed by atoms with Crippen LogP contribution < -0.4 is 5.32 Å². The fourth-order valence-electron chi connectivity index (χ4n) is 7.18. The second-order valence-corrected chi connectivity index (χ2v) is 13.5. The normalized spacial score (nSPS) is 13.6. The zero-order valence-electron chi connectivity index (χ0n) is 26.9. The lowest BCUT2D eigenvalue weighted by atomic mass is 9.91. The Morgan fingerprint density at radius 1 is 0.520 bits per heavy atom. The molecule has 236 valence electrons. The molecule has 6 heteroatoms. The quantitative estimate of drug-likeness (QED) is 0.200. The van der Waals surface area contributed by atoms with E-state index < -0.39 is 0 Å². The maximum atomic E-state index is 4.97. The van der Waals surface area contributed by atoms with E-state index in [1.807, 2.05) is 72.0 Å². The highest BCUT2D eigenvalue weighted by atomic mass is 32.1. The molecular formula is C44H29N5S. The van der Waals surface area contributed by atoms with Crippen molar-refractivity contribution in [3.8, 4) is 50.3 Å². The second-order valence-electron chi connectivity index (χ2n) is 12.5. The first-order valence-electron chi connectivity index (χ1n) is 16.7. The van der Waals surface area contributed by atoms with Gasteiger partial charge in [0.05, 0.1) is 21.8 Å². The molecule has 0 spiro atoms. The average molecular weight is 660 g/mol. The molecule has 4 heterocycles. The number of benzene rings is 6. The van der Waals surface area contributed by atoms with Crippen LogP contribution in [0, 0.1) is 0 Å². The minimum atomic E-state index is 0.00946. The molecule has 1 N–H and O–H groups in total. The molecule has 6 aromatic carbocycles. The molecule has 0 bridgehead atoms. The molecule has 1 aliphatic rings. The molecule has 5 nitrogen and oxygen atoms in total. The summed E-state index contributed by atoms with van der Waals surface area (Å²) in [6, 6.07) is 57.1. The van der Waals surface area contributed by atoms with Gasteiger partial charge in [-0.3, -0.25) is 0 Å². The molecule has 0 amide bonds. The predicted molar refractivity (Wildman–Crippen MR) is 206 cm³/mol. The Bertz CT molecular complexity index is 2600. The summed E-state index contributed by atoms with van der Waals surface area (Å²) in [5.74, 6) is 1.95. The van der Waals surface area contributed by atoms with E-state index in [4.69, 9.17) is 15.0 Å². The van der Waals surface area contributed by atoms with Crippen molar-refractivity contribution in [2.75, 3.05) is 5.32 Å². The summed E-state index contributed by atoms with van der Waals surface area (Å²) < 4.78 is 3.74. The Balaban J connectivity index is 1.16. The van der Waals surface area contributed by atoms with Crippen LogP contribution in [-0.2, 0) is 0 Å². The van der Waals surface area contributed by atoms with Crippen molar-refractivity contribution in [2.24, 2.45) is 0 Å². The lowest BCUT2D eigenvalue weighted by Crippen LogP contribution is -2.17. The van der Waals surface area contributed by atoms with E-state index in [2.05, 4.69) is 113 Å². The molecule has 9 aromatic rings. The van der Waals surface area contributed by atoms with Crippen LogP contribution in [0.2, 0.25) is 0 Å². The van der Waals surface area contributed by atoms with Crippen LogP contribution in [0.3, 0.4) is 0 Å². The van der Waals surface area contributed by atoms with E-state index in [0.717, 1.165) is 22.4 Å². The number of nitrogens with zero attached hydrogens (tertiary/aromatic N) is 4. The molecule has 1 unspecified atom stereocenters. The Kier molecular flexibility index (Phi) is 6.67. The Morgan fingerprint density at radius 2 is 1.06 bits per heavy atom. The van der Waals surface area contributed by atoms with Crippen LogP contribution in [-0.4, -0.2) is 19.5 Å². The number of hydrogen-bond acceptors (Lipinski definition) is 5. The van der Waals surface area contributed by atoms with Crippen LogP contribution >= 0.6 is 11.3 Å². The molecule has 10 rings (SSSR count). The average Bonchev–Trinajstić information content (AvgIpc) is 3.74. The number of nitrogens with one attached hydrogen (secondary N) is 1. The molecule has 0 saturated heterocycles. The van der Waals surface area contributed by atoms with Crippen molar-refractivity contribution < 1.29 is 0 Å². The van der Waals surface area contributed by atoms with Gasteiger partial charge in [-0.2, -0.15) is 0 Å². The fraction of sp³-hybridized carbons (Fsp3) is 0.0227. The monoisotopic (exact) mass is 659 g/mol. The van der Waals surface area contributed by atoms with Crippen molar-refractivity contribution in [3.05, 3.63) is 175 Å². The molecule has 0 aliphatic carbocycles. The van der Waals surface area contributed by atoms with Gasteiger partial charge in [0.2, 0.25) is 0 Å². The molecule has 3 aromatic heterocycles. The smallest absolute Gasteiger partial charge is 0.164 e. The van der Waals surface area contributed by atoms with E-state index >= 15 is 0 Å². The fourth-order valence-corrected chi connectivity index (χ4v) is 8.58. The van der Waals surface area contributed by atoms with E-state index in [-0.39, 0.29) is 6.04 Å². The van der Waals surface area contributed by atoms with Gasteiger partial charge in [0.15, 0.2) is 17.5 Å². The summed E-state index contributed by atoms with van der Waals surface area (Å²) in [6.07, 6.45) is 0. The zero-order valence-corrected chi connectivity index (χ0v) is 27.7. The largest absolute Gasteiger partial charge is 0.373 e. The van der Waals surface area contributed by atoms with Crippen LogP contribution in [0.25, 0.3) is 71.4 Å². The minimum absolute atomic E-state index is 0.00946. The van der Waals surface area contributed by atoms with Gasteiger partial charge < -0.3 is 9.88 Å². The topological polar surface area (TPSA) is 55.6 Å². The highest BCUT2D eigenvalue weighted by Crippen LogP contribution is 2.53. The lowest BCUT2D eigenvalue weighted by Gasteiger charge is -2.28. The van der Waals surface area contributed by atoms with E-state index in [9.17, 15) is 0 Å². The molecule has 0 fully saturated rings. The predicted octanol–water partition coefficient (Wildman–Crippen LogP) is 11.2. The van der Waals surface area contributed by atoms with Gasteiger partial charge in [-0.25, -0.2) is 15.0 Å².